The van der Waals surface area contributed by atoms with Gasteiger partial charge in [-0.3, -0.25) is 0 Å². The second-order valence-electron chi connectivity index (χ2n) is 4.77. The van der Waals surface area contributed by atoms with Gasteiger partial charge in [0.2, 0.25) is 0 Å². The lowest BCUT2D eigenvalue weighted by Gasteiger charge is -2.17. The zero-order chi connectivity index (χ0) is 12.8. The lowest BCUT2D eigenvalue weighted by atomic mass is 10.1. The van der Waals surface area contributed by atoms with E-state index in [1.165, 1.54) is 18.4 Å². The number of hydrogen-bond donors (Lipinski definition) is 1. The Bertz CT molecular complexity index is 344. The molecule has 0 saturated carbocycles. The first-order chi connectivity index (χ1) is 8.79. The van der Waals surface area contributed by atoms with E-state index < -0.39 is 0 Å². The molecule has 1 aromatic carbocycles. The number of benzene rings is 1. The fourth-order valence-electron chi connectivity index (χ4n) is 2.25. The summed E-state index contributed by atoms with van der Waals surface area (Å²) in [5.74, 6) is 0.938. The topological polar surface area (TPSA) is 30.5 Å². The zero-order valence-corrected chi connectivity index (χ0v) is 11.3. The Balaban J connectivity index is 1.81. The molecule has 3 heteroatoms. The lowest BCUT2D eigenvalue weighted by molar-refractivity contribution is 0.108. The van der Waals surface area contributed by atoms with Crippen molar-refractivity contribution in [2.75, 3.05) is 19.8 Å². The average Bonchev–Trinajstić information content (AvgIpc) is 2.90. The normalized spacial score (nSPS) is 20.9. The second-order valence-corrected chi connectivity index (χ2v) is 4.77. The molecule has 3 nitrogen and oxygen atoms in total. The molecule has 0 aromatic heterocycles. The summed E-state index contributed by atoms with van der Waals surface area (Å²) in [6.45, 7) is 6.76. The molecular weight excluding hydrogens is 226 g/mol. The van der Waals surface area contributed by atoms with Crippen molar-refractivity contribution in [1.29, 1.82) is 0 Å². The van der Waals surface area contributed by atoms with Crippen LogP contribution < -0.4 is 10.1 Å². The average molecular weight is 249 g/mol. The van der Waals surface area contributed by atoms with Crippen LogP contribution in [0, 0.1) is 0 Å². The molecule has 1 aliphatic rings. The molecule has 0 amide bonds. The summed E-state index contributed by atoms with van der Waals surface area (Å²) in [4.78, 5) is 0. The van der Waals surface area contributed by atoms with E-state index >= 15 is 0 Å². The summed E-state index contributed by atoms with van der Waals surface area (Å²) in [6.07, 6.45) is 2.78. The van der Waals surface area contributed by atoms with E-state index in [1.54, 1.807) is 0 Å². The Morgan fingerprint density at radius 3 is 2.78 bits per heavy atom. The van der Waals surface area contributed by atoms with Crippen LogP contribution in [0.15, 0.2) is 24.3 Å². The monoisotopic (exact) mass is 249 g/mol. The first kappa shape index (κ1) is 13.4. The summed E-state index contributed by atoms with van der Waals surface area (Å²) < 4.78 is 11.0. The smallest absolute Gasteiger partial charge is 0.119 e. The van der Waals surface area contributed by atoms with Crippen molar-refractivity contribution in [2.45, 2.75) is 38.8 Å². The van der Waals surface area contributed by atoms with E-state index in [1.807, 2.05) is 19.1 Å². The number of nitrogens with one attached hydrogen (secondary N) is 1. The first-order valence-electron chi connectivity index (χ1n) is 6.87. The quantitative estimate of drug-likeness (QED) is 0.841. The molecular formula is C15H23NO2. The van der Waals surface area contributed by atoms with Gasteiger partial charge in [0.25, 0.3) is 0 Å². The minimum absolute atomic E-state index is 0.352. The SMILES string of the molecule is CCOc1ccc([C@@H](C)NC[C@@H]2CCCO2)cc1. The third-order valence-electron chi connectivity index (χ3n) is 3.37. The van der Waals surface area contributed by atoms with Gasteiger partial charge in [-0.2, -0.15) is 0 Å². The van der Waals surface area contributed by atoms with Crippen LogP contribution in [0.25, 0.3) is 0 Å². The van der Waals surface area contributed by atoms with Crippen LogP contribution in [0.2, 0.25) is 0 Å². The number of hydrogen-bond acceptors (Lipinski definition) is 3. The van der Waals surface area contributed by atoms with Crippen LogP contribution in [0.3, 0.4) is 0 Å². The van der Waals surface area contributed by atoms with Crippen LogP contribution >= 0.6 is 0 Å². The number of ether oxygens (including phenoxy) is 2. The van der Waals surface area contributed by atoms with Gasteiger partial charge in [0.15, 0.2) is 0 Å². The van der Waals surface area contributed by atoms with Gasteiger partial charge in [0.1, 0.15) is 5.75 Å². The highest BCUT2D eigenvalue weighted by Gasteiger charge is 2.16. The summed E-state index contributed by atoms with van der Waals surface area (Å²) in [5.41, 5.74) is 1.29. The van der Waals surface area contributed by atoms with Gasteiger partial charge >= 0.3 is 0 Å². The summed E-state index contributed by atoms with van der Waals surface area (Å²) in [6, 6.07) is 8.66. The first-order valence-corrected chi connectivity index (χ1v) is 6.87. The molecule has 1 N–H and O–H groups in total. The predicted molar refractivity (Wildman–Crippen MR) is 73.0 cm³/mol. The summed E-state index contributed by atoms with van der Waals surface area (Å²) in [7, 11) is 0. The van der Waals surface area contributed by atoms with Gasteiger partial charge < -0.3 is 14.8 Å². The van der Waals surface area contributed by atoms with Crippen LogP contribution in [0.1, 0.15) is 38.3 Å². The molecule has 1 saturated heterocycles. The van der Waals surface area contributed by atoms with Crippen molar-refractivity contribution < 1.29 is 9.47 Å². The molecule has 2 atom stereocenters. The molecule has 1 aliphatic heterocycles. The largest absolute Gasteiger partial charge is 0.494 e. The van der Waals surface area contributed by atoms with E-state index in [9.17, 15) is 0 Å². The predicted octanol–water partition coefficient (Wildman–Crippen LogP) is 2.91. The molecule has 1 fully saturated rings. The van der Waals surface area contributed by atoms with Gasteiger partial charge in [0.05, 0.1) is 12.7 Å². The Hall–Kier alpha value is -1.06. The van der Waals surface area contributed by atoms with Crippen LogP contribution in [0.5, 0.6) is 5.75 Å². The Morgan fingerprint density at radius 2 is 2.17 bits per heavy atom. The molecule has 18 heavy (non-hydrogen) atoms. The van der Waals surface area contributed by atoms with Crippen molar-refractivity contribution in [1.82, 2.24) is 5.32 Å². The van der Waals surface area contributed by atoms with Crippen molar-refractivity contribution in [2.24, 2.45) is 0 Å². The van der Waals surface area contributed by atoms with E-state index in [4.69, 9.17) is 9.47 Å². The Kier molecular flexibility index (Phi) is 5.02. The van der Waals surface area contributed by atoms with Gasteiger partial charge in [-0.1, -0.05) is 12.1 Å². The van der Waals surface area contributed by atoms with Crippen molar-refractivity contribution >= 4 is 0 Å². The van der Waals surface area contributed by atoms with Crippen molar-refractivity contribution in [3.8, 4) is 5.75 Å². The lowest BCUT2D eigenvalue weighted by Crippen LogP contribution is -2.28. The van der Waals surface area contributed by atoms with Crippen molar-refractivity contribution in [3.63, 3.8) is 0 Å². The van der Waals surface area contributed by atoms with E-state index in [-0.39, 0.29) is 0 Å². The zero-order valence-electron chi connectivity index (χ0n) is 11.3. The fourth-order valence-corrected chi connectivity index (χ4v) is 2.25. The molecule has 100 valence electrons. The van der Waals surface area contributed by atoms with E-state index in [2.05, 4.69) is 24.4 Å². The maximum absolute atomic E-state index is 5.61. The molecule has 0 unspecified atom stereocenters. The van der Waals surface area contributed by atoms with Crippen LogP contribution in [-0.4, -0.2) is 25.9 Å². The Morgan fingerprint density at radius 1 is 1.39 bits per heavy atom. The third-order valence-corrected chi connectivity index (χ3v) is 3.37. The maximum atomic E-state index is 5.61. The molecule has 0 radical (unpaired) electrons. The molecule has 0 spiro atoms. The molecule has 1 heterocycles. The number of rotatable bonds is 6. The minimum atomic E-state index is 0.352. The minimum Gasteiger partial charge on any atom is -0.494 e. The van der Waals surface area contributed by atoms with Gasteiger partial charge in [0, 0.05) is 19.2 Å². The Labute approximate surface area is 109 Å². The van der Waals surface area contributed by atoms with Gasteiger partial charge in [-0.05, 0) is 44.4 Å². The maximum Gasteiger partial charge on any atom is 0.119 e. The highest BCUT2D eigenvalue weighted by molar-refractivity contribution is 5.28. The van der Waals surface area contributed by atoms with E-state index in [0.717, 1.165) is 18.9 Å². The van der Waals surface area contributed by atoms with Gasteiger partial charge in [-0.25, -0.2) is 0 Å². The van der Waals surface area contributed by atoms with Gasteiger partial charge in [-0.15, -0.1) is 0 Å². The van der Waals surface area contributed by atoms with Crippen LogP contribution in [0.4, 0.5) is 0 Å². The second kappa shape index (κ2) is 6.76. The molecule has 0 aliphatic carbocycles. The fraction of sp³-hybridized carbons (Fsp3) is 0.600. The van der Waals surface area contributed by atoms with E-state index in [0.29, 0.717) is 18.8 Å². The molecule has 0 bridgehead atoms. The molecule has 1 aromatic rings. The summed E-state index contributed by atoms with van der Waals surface area (Å²) in [5, 5.41) is 3.53. The van der Waals surface area contributed by atoms with Crippen molar-refractivity contribution in [3.05, 3.63) is 29.8 Å². The standard InChI is InChI=1S/C15H23NO2/c1-3-17-14-8-6-13(7-9-14)12(2)16-11-15-5-4-10-18-15/h6-9,12,15-16H,3-5,10-11H2,1-2H3/t12-,15+/m1/s1. The highest BCUT2D eigenvalue weighted by Crippen LogP contribution is 2.18. The third kappa shape index (κ3) is 3.72. The highest BCUT2D eigenvalue weighted by atomic mass is 16.5. The summed E-state index contributed by atoms with van der Waals surface area (Å²) >= 11 is 0. The van der Waals surface area contributed by atoms with Crippen LogP contribution in [-0.2, 0) is 4.74 Å². The molecule has 2 rings (SSSR count).